The molecule has 2 heterocycles. The Hall–Kier alpha value is -4.62. The molecule has 0 bridgehead atoms. The molecule has 0 aliphatic carbocycles. The van der Waals surface area contributed by atoms with Crippen molar-refractivity contribution in [3.63, 3.8) is 0 Å². The maximum Gasteiger partial charge on any atom is 0.337 e. The zero-order valence-electron chi connectivity index (χ0n) is 18.7. The summed E-state index contributed by atoms with van der Waals surface area (Å²) >= 11 is 0. The summed E-state index contributed by atoms with van der Waals surface area (Å²) in [5.41, 5.74) is 2.88. The van der Waals surface area contributed by atoms with Crippen LogP contribution in [0.5, 0.6) is 5.75 Å². The first-order valence-corrected chi connectivity index (χ1v) is 10.5. The SMILES string of the molecule is COC(=O)c1cccc(C#Cc2ccnc(CNC(=O)c3ccc4c(c3)[C@](C)(C#N)CO4)c2)c1. The highest BCUT2D eigenvalue weighted by Crippen LogP contribution is 2.38. The van der Waals surface area contributed by atoms with E-state index in [0.29, 0.717) is 33.7 Å². The van der Waals surface area contributed by atoms with Crippen LogP contribution in [0.1, 0.15) is 50.0 Å². The number of benzene rings is 2. The average molecular weight is 451 g/mol. The Morgan fingerprint density at radius 2 is 1.91 bits per heavy atom. The Morgan fingerprint density at radius 1 is 1.12 bits per heavy atom. The molecule has 0 saturated carbocycles. The number of rotatable bonds is 4. The molecule has 1 atom stereocenters. The molecule has 7 nitrogen and oxygen atoms in total. The van der Waals surface area contributed by atoms with E-state index in [9.17, 15) is 14.9 Å². The smallest absolute Gasteiger partial charge is 0.337 e. The number of nitrogens with zero attached hydrogens (tertiary/aromatic N) is 2. The fourth-order valence-electron chi connectivity index (χ4n) is 3.53. The summed E-state index contributed by atoms with van der Waals surface area (Å²) in [6.45, 7) is 2.28. The number of carbonyl (C=O) groups excluding carboxylic acids is 2. The minimum absolute atomic E-state index is 0.218. The normalized spacial score (nSPS) is 15.7. The maximum absolute atomic E-state index is 12.7. The zero-order valence-corrected chi connectivity index (χ0v) is 18.7. The van der Waals surface area contributed by atoms with Gasteiger partial charge in [-0.3, -0.25) is 9.78 Å². The Labute approximate surface area is 197 Å². The number of carbonyl (C=O) groups is 2. The van der Waals surface area contributed by atoms with E-state index in [0.717, 1.165) is 5.56 Å². The molecule has 0 radical (unpaired) electrons. The summed E-state index contributed by atoms with van der Waals surface area (Å²) in [6.07, 6.45) is 1.63. The molecule has 0 spiro atoms. The van der Waals surface area contributed by atoms with Crippen LogP contribution in [0.3, 0.4) is 0 Å². The van der Waals surface area contributed by atoms with E-state index in [1.54, 1.807) is 67.7 Å². The van der Waals surface area contributed by atoms with Gasteiger partial charge in [-0.2, -0.15) is 5.26 Å². The van der Waals surface area contributed by atoms with Crippen molar-refractivity contribution >= 4 is 11.9 Å². The van der Waals surface area contributed by atoms with Crippen molar-refractivity contribution in [2.45, 2.75) is 18.9 Å². The summed E-state index contributed by atoms with van der Waals surface area (Å²) in [5.74, 6) is 6.02. The number of pyridine rings is 1. The summed E-state index contributed by atoms with van der Waals surface area (Å²) in [6, 6.07) is 17.8. The monoisotopic (exact) mass is 451 g/mol. The van der Waals surface area contributed by atoms with Gasteiger partial charge in [0, 0.05) is 28.5 Å². The molecular weight excluding hydrogens is 430 g/mol. The van der Waals surface area contributed by atoms with Gasteiger partial charge in [-0.25, -0.2) is 4.79 Å². The van der Waals surface area contributed by atoms with Crippen LogP contribution in [0.15, 0.2) is 60.8 Å². The minimum atomic E-state index is -0.767. The molecule has 0 saturated heterocycles. The number of hydrogen-bond donors (Lipinski definition) is 1. The topological polar surface area (TPSA) is 101 Å². The van der Waals surface area contributed by atoms with Gasteiger partial charge >= 0.3 is 5.97 Å². The lowest BCUT2D eigenvalue weighted by Crippen LogP contribution is -2.24. The van der Waals surface area contributed by atoms with Crippen LogP contribution in [-0.4, -0.2) is 30.6 Å². The van der Waals surface area contributed by atoms with Crippen molar-refractivity contribution in [1.29, 1.82) is 5.26 Å². The summed E-state index contributed by atoms with van der Waals surface area (Å²) < 4.78 is 10.3. The van der Waals surface area contributed by atoms with Crippen LogP contribution in [0, 0.1) is 23.2 Å². The number of amides is 1. The number of aromatic nitrogens is 1. The van der Waals surface area contributed by atoms with Crippen LogP contribution >= 0.6 is 0 Å². The number of fused-ring (bicyclic) bond motifs is 1. The highest BCUT2D eigenvalue weighted by atomic mass is 16.5. The molecule has 7 heteroatoms. The number of ether oxygens (including phenoxy) is 2. The largest absolute Gasteiger partial charge is 0.491 e. The zero-order chi connectivity index (χ0) is 24.1. The quantitative estimate of drug-likeness (QED) is 0.482. The number of nitrogens with one attached hydrogen (secondary N) is 1. The molecule has 1 amide bonds. The van der Waals surface area contributed by atoms with Gasteiger partial charge in [0.15, 0.2) is 0 Å². The van der Waals surface area contributed by atoms with Gasteiger partial charge in [0.1, 0.15) is 17.8 Å². The van der Waals surface area contributed by atoms with Gasteiger partial charge in [-0.05, 0) is 55.5 Å². The second kappa shape index (κ2) is 9.48. The maximum atomic E-state index is 12.7. The molecule has 3 aromatic rings. The summed E-state index contributed by atoms with van der Waals surface area (Å²) in [5, 5.41) is 12.3. The van der Waals surface area contributed by atoms with E-state index in [-0.39, 0.29) is 19.1 Å². The van der Waals surface area contributed by atoms with Crippen LogP contribution in [0.2, 0.25) is 0 Å². The Kier molecular flexibility index (Phi) is 6.29. The molecule has 0 unspecified atom stereocenters. The van der Waals surface area contributed by atoms with Gasteiger partial charge in [0.05, 0.1) is 31.0 Å². The van der Waals surface area contributed by atoms with Gasteiger partial charge in [-0.15, -0.1) is 0 Å². The van der Waals surface area contributed by atoms with Crippen LogP contribution in [0.4, 0.5) is 0 Å². The van der Waals surface area contributed by atoms with Crippen molar-refractivity contribution in [3.8, 4) is 23.7 Å². The lowest BCUT2D eigenvalue weighted by atomic mass is 9.85. The number of esters is 1. The lowest BCUT2D eigenvalue weighted by molar-refractivity contribution is 0.0600. The van der Waals surface area contributed by atoms with Crippen LogP contribution in [0.25, 0.3) is 0 Å². The van der Waals surface area contributed by atoms with Crippen LogP contribution in [-0.2, 0) is 16.7 Å². The Bertz CT molecular complexity index is 1380. The van der Waals surface area contributed by atoms with E-state index in [1.165, 1.54) is 7.11 Å². The number of hydrogen-bond acceptors (Lipinski definition) is 6. The van der Waals surface area contributed by atoms with E-state index < -0.39 is 11.4 Å². The minimum Gasteiger partial charge on any atom is -0.491 e. The number of methoxy groups -OCH3 is 1. The van der Waals surface area contributed by atoms with Crippen LogP contribution < -0.4 is 10.1 Å². The first-order chi connectivity index (χ1) is 16.4. The van der Waals surface area contributed by atoms with Gasteiger partial charge in [0.25, 0.3) is 5.91 Å². The highest BCUT2D eigenvalue weighted by molar-refractivity contribution is 5.94. The van der Waals surface area contributed by atoms with Gasteiger partial charge in [-0.1, -0.05) is 17.9 Å². The van der Waals surface area contributed by atoms with Crippen molar-refractivity contribution < 1.29 is 19.1 Å². The van der Waals surface area contributed by atoms with Gasteiger partial charge < -0.3 is 14.8 Å². The molecule has 34 heavy (non-hydrogen) atoms. The Balaban J connectivity index is 1.44. The van der Waals surface area contributed by atoms with Crippen molar-refractivity contribution in [2.75, 3.05) is 13.7 Å². The lowest BCUT2D eigenvalue weighted by Gasteiger charge is -2.12. The molecule has 4 rings (SSSR count). The molecule has 1 N–H and O–H groups in total. The standard InChI is InChI=1S/C27H21N3O4/c1-27(16-28)17-34-24-9-8-20(14-23(24)27)25(31)30-15-22-13-19(10-11-29-22)7-6-18-4-3-5-21(12-18)26(32)33-2/h3-5,8-14H,15,17H2,1-2H3,(H,30,31)/t27-/m1/s1. The molecule has 1 aromatic heterocycles. The third kappa shape index (κ3) is 4.74. The summed E-state index contributed by atoms with van der Waals surface area (Å²) in [4.78, 5) is 28.7. The molecule has 168 valence electrons. The fraction of sp³-hybridized carbons (Fsp3) is 0.185. The third-order valence-corrected chi connectivity index (χ3v) is 5.48. The van der Waals surface area contributed by atoms with E-state index in [4.69, 9.17) is 9.47 Å². The first-order valence-electron chi connectivity index (χ1n) is 10.5. The molecule has 1 aliphatic rings. The van der Waals surface area contributed by atoms with Crippen molar-refractivity contribution in [1.82, 2.24) is 10.3 Å². The second-order valence-corrected chi connectivity index (χ2v) is 7.98. The predicted molar refractivity (Wildman–Crippen MR) is 124 cm³/mol. The fourth-order valence-corrected chi connectivity index (χ4v) is 3.53. The molecule has 1 aliphatic heterocycles. The molecular formula is C27H21N3O4. The van der Waals surface area contributed by atoms with Crippen molar-refractivity contribution in [2.24, 2.45) is 0 Å². The Morgan fingerprint density at radius 3 is 2.68 bits per heavy atom. The second-order valence-electron chi connectivity index (χ2n) is 7.98. The average Bonchev–Trinajstić information content (AvgIpc) is 3.22. The van der Waals surface area contributed by atoms with E-state index >= 15 is 0 Å². The van der Waals surface area contributed by atoms with Crippen molar-refractivity contribution in [3.05, 3.63) is 94.3 Å². The first kappa shape index (κ1) is 22.6. The van der Waals surface area contributed by atoms with Gasteiger partial charge in [0.2, 0.25) is 0 Å². The summed E-state index contributed by atoms with van der Waals surface area (Å²) in [7, 11) is 1.33. The molecule has 2 aromatic carbocycles. The third-order valence-electron chi connectivity index (χ3n) is 5.48. The highest BCUT2D eigenvalue weighted by Gasteiger charge is 2.37. The van der Waals surface area contributed by atoms with E-state index in [1.807, 2.05) is 0 Å². The predicted octanol–water partition coefficient (Wildman–Crippen LogP) is 3.37. The number of nitriles is 1. The molecule has 0 fully saturated rings. The van der Waals surface area contributed by atoms with E-state index in [2.05, 4.69) is 28.2 Å².